The van der Waals surface area contributed by atoms with Gasteiger partial charge in [-0.2, -0.15) is 5.10 Å². The van der Waals surface area contributed by atoms with Crippen LogP contribution in [0.3, 0.4) is 0 Å². The molecule has 4 heteroatoms. The van der Waals surface area contributed by atoms with E-state index in [0.29, 0.717) is 6.04 Å². The SMILES string of the molecule is CNC(C)CC1CCN(Cc2cnn(C)c2)CC1. The number of aromatic nitrogens is 2. The lowest BCUT2D eigenvalue weighted by Gasteiger charge is -2.32. The maximum Gasteiger partial charge on any atom is 0.0534 e. The van der Waals surface area contributed by atoms with Gasteiger partial charge in [0.2, 0.25) is 0 Å². The molecule has 1 N–H and O–H groups in total. The normalized spacial score (nSPS) is 20.2. The van der Waals surface area contributed by atoms with Crippen LogP contribution in [0.5, 0.6) is 0 Å². The lowest BCUT2D eigenvalue weighted by molar-refractivity contribution is 0.166. The molecule has 18 heavy (non-hydrogen) atoms. The van der Waals surface area contributed by atoms with Crippen molar-refractivity contribution in [3.05, 3.63) is 18.0 Å². The van der Waals surface area contributed by atoms with Gasteiger partial charge in [-0.3, -0.25) is 9.58 Å². The third-order valence-corrected chi connectivity index (χ3v) is 4.05. The highest BCUT2D eigenvalue weighted by atomic mass is 15.2. The van der Waals surface area contributed by atoms with Crippen molar-refractivity contribution in [1.29, 1.82) is 0 Å². The second-order valence-electron chi connectivity index (χ2n) is 5.67. The van der Waals surface area contributed by atoms with Crippen LogP contribution in [0.4, 0.5) is 0 Å². The Balaban J connectivity index is 1.73. The van der Waals surface area contributed by atoms with Crippen LogP contribution < -0.4 is 5.32 Å². The van der Waals surface area contributed by atoms with E-state index in [-0.39, 0.29) is 0 Å². The number of hydrogen-bond acceptors (Lipinski definition) is 3. The van der Waals surface area contributed by atoms with Gasteiger partial charge < -0.3 is 5.32 Å². The van der Waals surface area contributed by atoms with Crippen molar-refractivity contribution in [3.63, 3.8) is 0 Å². The van der Waals surface area contributed by atoms with Crippen molar-refractivity contribution in [3.8, 4) is 0 Å². The van der Waals surface area contributed by atoms with Crippen LogP contribution in [0.25, 0.3) is 0 Å². The van der Waals surface area contributed by atoms with Gasteiger partial charge in [0.1, 0.15) is 0 Å². The summed E-state index contributed by atoms with van der Waals surface area (Å²) in [5, 5.41) is 7.57. The number of likely N-dealkylation sites (tertiary alicyclic amines) is 1. The fourth-order valence-electron chi connectivity index (χ4n) is 2.81. The lowest BCUT2D eigenvalue weighted by atomic mass is 9.90. The molecular formula is C14H26N4. The minimum Gasteiger partial charge on any atom is -0.317 e. The maximum atomic E-state index is 4.23. The Labute approximate surface area is 110 Å². The summed E-state index contributed by atoms with van der Waals surface area (Å²) in [6, 6.07) is 0.653. The largest absolute Gasteiger partial charge is 0.317 e. The first-order valence-electron chi connectivity index (χ1n) is 7.04. The molecule has 1 aliphatic heterocycles. The Morgan fingerprint density at radius 2 is 2.17 bits per heavy atom. The van der Waals surface area contributed by atoms with Crippen LogP contribution >= 0.6 is 0 Å². The van der Waals surface area contributed by atoms with Crippen LogP contribution in [-0.4, -0.2) is 40.9 Å². The molecule has 1 aromatic rings. The highest BCUT2D eigenvalue weighted by molar-refractivity contribution is 5.03. The molecule has 0 saturated carbocycles. The van der Waals surface area contributed by atoms with Crippen molar-refractivity contribution >= 4 is 0 Å². The van der Waals surface area contributed by atoms with E-state index in [2.05, 4.69) is 35.5 Å². The highest BCUT2D eigenvalue weighted by Gasteiger charge is 2.20. The van der Waals surface area contributed by atoms with E-state index >= 15 is 0 Å². The Morgan fingerprint density at radius 3 is 2.72 bits per heavy atom. The van der Waals surface area contributed by atoms with E-state index in [9.17, 15) is 0 Å². The molecule has 0 aromatic carbocycles. The van der Waals surface area contributed by atoms with Crippen molar-refractivity contribution in [2.45, 2.75) is 38.8 Å². The summed E-state index contributed by atoms with van der Waals surface area (Å²) in [4.78, 5) is 2.55. The molecule has 1 aromatic heterocycles. The predicted octanol–water partition coefficient (Wildman–Crippen LogP) is 1.63. The van der Waals surface area contributed by atoms with E-state index in [1.165, 1.54) is 37.9 Å². The molecule has 0 bridgehead atoms. The van der Waals surface area contributed by atoms with Gasteiger partial charge in [0.05, 0.1) is 6.20 Å². The Bertz CT molecular complexity index is 352. The van der Waals surface area contributed by atoms with Crippen LogP contribution in [0, 0.1) is 5.92 Å². The van der Waals surface area contributed by atoms with Gasteiger partial charge in [0.25, 0.3) is 0 Å². The summed E-state index contributed by atoms with van der Waals surface area (Å²) in [6.07, 6.45) is 8.10. The molecule has 4 nitrogen and oxygen atoms in total. The first-order chi connectivity index (χ1) is 8.67. The maximum absolute atomic E-state index is 4.23. The summed E-state index contributed by atoms with van der Waals surface area (Å²) in [6.45, 7) is 5.80. The summed E-state index contributed by atoms with van der Waals surface area (Å²) in [5.41, 5.74) is 1.33. The van der Waals surface area contributed by atoms with E-state index < -0.39 is 0 Å². The number of piperidine rings is 1. The smallest absolute Gasteiger partial charge is 0.0534 e. The molecule has 2 heterocycles. The molecule has 2 rings (SSSR count). The molecule has 0 radical (unpaired) electrons. The van der Waals surface area contributed by atoms with Crippen molar-refractivity contribution in [1.82, 2.24) is 20.0 Å². The third-order valence-electron chi connectivity index (χ3n) is 4.05. The number of hydrogen-bond donors (Lipinski definition) is 1. The topological polar surface area (TPSA) is 33.1 Å². The van der Waals surface area contributed by atoms with Crippen LogP contribution in [-0.2, 0) is 13.6 Å². The Morgan fingerprint density at radius 1 is 1.44 bits per heavy atom. The molecule has 1 saturated heterocycles. The first kappa shape index (κ1) is 13.6. The minimum atomic E-state index is 0.653. The predicted molar refractivity (Wildman–Crippen MR) is 74.3 cm³/mol. The lowest BCUT2D eigenvalue weighted by Crippen LogP contribution is -2.35. The monoisotopic (exact) mass is 250 g/mol. The fourth-order valence-corrected chi connectivity index (χ4v) is 2.81. The Hall–Kier alpha value is -0.870. The van der Waals surface area contributed by atoms with Crippen molar-refractivity contribution < 1.29 is 0 Å². The third kappa shape index (κ3) is 3.82. The molecular weight excluding hydrogens is 224 g/mol. The standard InChI is InChI=1S/C14H26N4/c1-12(15-2)8-13-4-6-18(7-5-13)11-14-9-16-17(3)10-14/h9-10,12-13,15H,4-8,11H2,1-3H3. The van der Waals surface area contributed by atoms with Gasteiger partial charge >= 0.3 is 0 Å². The second-order valence-corrected chi connectivity index (χ2v) is 5.67. The van der Waals surface area contributed by atoms with E-state index in [4.69, 9.17) is 0 Å². The van der Waals surface area contributed by atoms with Gasteiger partial charge in [0.15, 0.2) is 0 Å². The summed E-state index contributed by atoms with van der Waals surface area (Å²) in [5.74, 6) is 0.901. The molecule has 1 unspecified atom stereocenters. The van der Waals surface area contributed by atoms with E-state index in [1.54, 1.807) is 0 Å². The Kier molecular flexibility index (Phi) is 4.78. The molecule has 1 atom stereocenters. The number of nitrogens with zero attached hydrogens (tertiary/aromatic N) is 3. The van der Waals surface area contributed by atoms with Crippen molar-refractivity contribution in [2.24, 2.45) is 13.0 Å². The van der Waals surface area contributed by atoms with Crippen LogP contribution in [0.1, 0.15) is 31.7 Å². The molecule has 0 spiro atoms. The quantitative estimate of drug-likeness (QED) is 0.862. The molecule has 0 amide bonds. The number of rotatable bonds is 5. The zero-order valence-corrected chi connectivity index (χ0v) is 11.9. The van der Waals surface area contributed by atoms with Gasteiger partial charge in [-0.25, -0.2) is 0 Å². The molecule has 1 aliphatic rings. The molecule has 102 valence electrons. The number of aryl methyl sites for hydroxylation is 1. The fraction of sp³-hybridized carbons (Fsp3) is 0.786. The molecule has 1 fully saturated rings. The number of nitrogens with one attached hydrogen (secondary N) is 1. The van der Waals surface area contributed by atoms with E-state index in [1.807, 2.05) is 17.9 Å². The van der Waals surface area contributed by atoms with Gasteiger partial charge in [-0.15, -0.1) is 0 Å². The van der Waals surface area contributed by atoms with Crippen LogP contribution in [0.2, 0.25) is 0 Å². The van der Waals surface area contributed by atoms with E-state index in [0.717, 1.165) is 12.5 Å². The minimum absolute atomic E-state index is 0.653. The van der Waals surface area contributed by atoms with Gasteiger partial charge in [-0.05, 0) is 52.2 Å². The van der Waals surface area contributed by atoms with Crippen LogP contribution in [0.15, 0.2) is 12.4 Å². The summed E-state index contributed by atoms with van der Waals surface area (Å²) >= 11 is 0. The average molecular weight is 250 g/mol. The van der Waals surface area contributed by atoms with Gasteiger partial charge in [-0.1, -0.05) is 0 Å². The van der Waals surface area contributed by atoms with Gasteiger partial charge in [0, 0.05) is 31.4 Å². The highest BCUT2D eigenvalue weighted by Crippen LogP contribution is 2.22. The second kappa shape index (κ2) is 6.34. The zero-order valence-electron chi connectivity index (χ0n) is 11.9. The zero-order chi connectivity index (χ0) is 13.0. The summed E-state index contributed by atoms with van der Waals surface area (Å²) < 4.78 is 1.89. The van der Waals surface area contributed by atoms with Crippen molar-refractivity contribution in [2.75, 3.05) is 20.1 Å². The average Bonchev–Trinajstić information content (AvgIpc) is 2.77. The molecule has 0 aliphatic carbocycles. The summed E-state index contributed by atoms with van der Waals surface area (Å²) in [7, 11) is 4.04. The first-order valence-corrected chi connectivity index (χ1v) is 7.04.